The molecule has 0 radical (unpaired) electrons. The monoisotopic (exact) mass is 430 g/mol. The van der Waals surface area contributed by atoms with Crippen molar-refractivity contribution in [3.63, 3.8) is 0 Å². The van der Waals surface area contributed by atoms with E-state index < -0.39 is 23.4 Å². The molecule has 148 valence electrons. The summed E-state index contributed by atoms with van der Waals surface area (Å²) in [5, 5.41) is 15.7. The average Bonchev–Trinajstić information content (AvgIpc) is 2.71. The van der Waals surface area contributed by atoms with E-state index in [0.29, 0.717) is 0 Å². The molecule has 0 fully saturated rings. The highest BCUT2D eigenvalue weighted by Gasteiger charge is 2.17. The number of thioether (sulfide) groups is 1. The van der Waals surface area contributed by atoms with Crippen LogP contribution in [0.15, 0.2) is 65.6 Å². The fourth-order valence-electron chi connectivity index (χ4n) is 2.53. The van der Waals surface area contributed by atoms with Gasteiger partial charge < -0.3 is 10.1 Å². The number of esters is 1. The summed E-state index contributed by atoms with van der Waals surface area (Å²) in [6, 6.07) is 17.6. The van der Waals surface area contributed by atoms with Gasteiger partial charge in [0.15, 0.2) is 6.61 Å². The molecule has 3 rings (SSSR count). The highest BCUT2D eigenvalue weighted by Crippen LogP contribution is 2.27. The van der Waals surface area contributed by atoms with Gasteiger partial charge in [0.05, 0.1) is 10.7 Å². The van der Waals surface area contributed by atoms with Crippen LogP contribution >= 0.6 is 23.4 Å². The number of carbonyl (C=O) groups excluding carboxylic acids is 2. The Morgan fingerprint density at radius 2 is 1.83 bits per heavy atom. The minimum atomic E-state index is -0.681. The molecule has 9 heteroatoms. The summed E-state index contributed by atoms with van der Waals surface area (Å²) in [5.41, 5.74) is -0.366. The van der Waals surface area contributed by atoms with E-state index in [-0.39, 0.29) is 22.2 Å². The molecular weight excluding hydrogens is 416 g/mol. The molecule has 0 heterocycles. The van der Waals surface area contributed by atoms with Crippen molar-refractivity contribution in [1.82, 2.24) is 0 Å². The number of nitrogens with zero attached hydrogens (tertiary/aromatic N) is 1. The number of hydrogen-bond donors (Lipinski definition) is 1. The number of hydrogen-bond acceptors (Lipinski definition) is 6. The number of ether oxygens (including phenoxy) is 1. The van der Waals surface area contributed by atoms with Gasteiger partial charge in [0, 0.05) is 16.0 Å². The van der Waals surface area contributed by atoms with Crippen molar-refractivity contribution >= 4 is 57.4 Å². The van der Waals surface area contributed by atoms with Crippen molar-refractivity contribution in [3.05, 3.63) is 75.8 Å². The van der Waals surface area contributed by atoms with E-state index >= 15 is 0 Å². The Hall–Kier alpha value is -3.10. The number of rotatable bonds is 7. The lowest BCUT2D eigenvalue weighted by Gasteiger charge is -2.08. The van der Waals surface area contributed by atoms with Crippen molar-refractivity contribution in [2.45, 2.75) is 4.90 Å². The maximum absolute atomic E-state index is 11.9. The van der Waals surface area contributed by atoms with Crippen molar-refractivity contribution in [1.29, 1.82) is 0 Å². The molecule has 0 aliphatic heterocycles. The van der Waals surface area contributed by atoms with Gasteiger partial charge in [-0.3, -0.25) is 19.7 Å². The number of fused-ring (bicyclic) bond motifs is 1. The summed E-state index contributed by atoms with van der Waals surface area (Å²) in [7, 11) is 0. The smallest absolute Gasteiger partial charge is 0.316 e. The maximum atomic E-state index is 11.9. The summed E-state index contributed by atoms with van der Waals surface area (Å²) >= 11 is 7.03. The molecule has 7 nitrogen and oxygen atoms in total. The summed E-state index contributed by atoms with van der Waals surface area (Å²) in [4.78, 5) is 35.1. The van der Waals surface area contributed by atoms with Gasteiger partial charge in [0.2, 0.25) is 0 Å². The van der Waals surface area contributed by atoms with E-state index in [1.807, 2.05) is 42.5 Å². The second-order valence-corrected chi connectivity index (χ2v) is 7.41. The molecule has 0 aliphatic rings. The van der Waals surface area contributed by atoms with Gasteiger partial charge in [0.25, 0.3) is 11.6 Å². The van der Waals surface area contributed by atoms with Gasteiger partial charge >= 0.3 is 5.97 Å². The molecule has 1 N–H and O–H groups in total. The molecule has 29 heavy (non-hydrogen) atoms. The van der Waals surface area contributed by atoms with Crippen molar-refractivity contribution in [2.24, 2.45) is 0 Å². The molecule has 0 aromatic heterocycles. The standard InChI is InChI=1S/C20H15ClN2O5S/c21-15-6-8-17(18(10-15)23(26)27)22-19(24)11-28-20(25)12-29-16-7-5-13-3-1-2-4-14(13)9-16/h1-10H,11-12H2,(H,22,24). The first-order valence-corrected chi connectivity index (χ1v) is 9.80. The molecule has 0 atom stereocenters. The molecular formula is C20H15ClN2O5S. The zero-order valence-corrected chi connectivity index (χ0v) is 16.5. The fraction of sp³-hybridized carbons (Fsp3) is 0.100. The lowest BCUT2D eigenvalue weighted by Crippen LogP contribution is -2.22. The first kappa shape index (κ1) is 20.6. The van der Waals surface area contributed by atoms with Gasteiger partial charge in [-0.25, -0.2) is 0 Å². The van der Waals surface area contributed by atoms with E-state index in [9.17, 15) is 19.7 Å². The van der Waals surface area contributed by atoms with Crippen LogP contribution in [-0.2, 0) is 14.3 Å². The first-order valence-electron chi connectivity index (χ1n) is 8.43. The Morgan fingerprint density at radius 1 is 1.07 bits per heavy atom. The number of nitro groups is 1. The number of nitrogens with one attached hydrogen (secondary N) is 1. The number of nitro benzene ring substituents is 1. The molecule has 3 aromatic rings. The third-order valence-corrected chi connectivity index (χ3v) is 5.07. The van der Waals surface area contributed by atoms with Gasteiger partial charge in [-0.2, -0.15) is 0 Å². The maximum Gasteiger partial charge on any atom is 0.316 e. The third kappa shape index (κ3) is 5.69. The predicted molar refractivity (Wildman–Crippen MR) is 112 cm³/mol. The topological polar surface area (TPSA) is 98.5 Å². The van der Waals surface area contributed by atoms with Crippen LogP contribution in [0, 0.1) is 10.1 Å². The average molecular weight is 431 g/mol. The molecule has 0 saturated heterocycles. The van der Waals surface area contributed by atoms with E-state index in [2.05, 4.69) is 5.32 Å². The SMILES string of the molecule is O=C(COC(=O)CSc1ccc2ccccc2c1)Nc1ccc(Cl)cc1[N+](=O)[O-]. The van der Waals surface area contributed by atoms with Gasteiger partial charge in [-0.1, -0.05) is 41.9 Å². The fourth-order valence-corrected chi connectivity index (χ4v) is 3.44. The van der Waals surface area contributed by atoms with E-state index in [1.54, 1.807) is 0 Å². The van der Waals surface area contributed by atoms with E-state index in [1.165, 1.54) is 23.9 Å². The predicted octanol–water partition coefficient (Wildman–Crippen LogP) is 4.68. The summed E-state index contributed by atoms with van der Waals surface area (Å²) in [6.07, 6.45) is 0. The Balaban J connectivity index is 1.50. The number of carbonyl (C=O) groups is 2. The zero-order chi connectivity index (χ0) is 20.8. The lowest BCUT2D eigenvalue weighted by molar-refractivity contribution is -0.383. The first-order chi connectivity index (χ1) is 13.9. The molecule has 0 spiro atoms. The van der Waals surface area contributed by atoms with Gasteiger partial charge in [-0.05, 0) is 35.0 Å². The van der Waals surface area contributed by atoms with E-state index in [0.717, 1.165) is 21.7 Å². The van der Waals surface area contributed by atoms with Crippen LogP contribution in [0.5, 0.6) is 0 Å². The van der Waals surface area contributed by atoms with Crippen LogP contribution in [-0.4, -0.2) is 29.2 Å². The molecule has 0 unspecified atom stereocenters. The van der Waals surface area contributed by atoms with Gasteiger partial charge in [-0.15, -0.1) is 11.8 Å². The minimum absolute atomic E-state index is 0.0222. The van der Waals surface area contributed by atoms with Crippen LogP contribution in [0.2, 0.25) is 5.02 Å². The summed E-state index contributed by atoms with van der Waals surface area (Å²) in [6.45, 7) is -0.545. The Bertz CT molecular complexity index is 1090. The quantitative estimate of drug-likeness (QED) is 0.253. The molecule has 3 aromatic carbocycles. The van der Waals surface area contributed by atoms with E-state index in [4.69, 9.17) is 16.3 Å². The normalized spacial score (nSPS) is 10.5. The van der Waals surface area contributed by atoms with Crippen molar-refractivity contribution in [3.8, 4) is 0 Å². The van der Waals surface area contributed by atoms with Crippen LogP contribution < -0.4 is 5.32 Å². The minimum Gasteiger partial charge on any atom is -0.455 e. The highest BCUT2D eigenvalue weighted by atomic mass is 35.5. The van der Waals surface area contributed by atoms with Crippen molar-refractivity contribution < 1.29 is 19.2 Å². The Labute approximate surface area is 175 Å². The molecule has 0 saturated carbocycles. The number of halogens is 1. The Morgan fingerprint density at radius 3 is 2.59 bits per heavy atom. The number of amides is 1. The molecule has 0 aliphatic carbocycles. The highest BCUT2D eigenvalue weighted by molar-refractivity contribution is 8.00. The van der Waals surface area contributed by atoms with Gasteiger partial charge in [0.1, 0.15) is 5.69 Å². The summed E-state index contributed by atoms with van der Waals surface area (Å²) < 4.78 is 4.94. The van der Waals surface area contributed by atoms with Crippen molar-refractivity contribution in [2.75, 3.05) is 17.7 Å². The van der Waals surface area contributed by atoms with Crippen LogP contribution in [0.25, 0.3) is 10.8 Å². The zero-order valence-electron chi connectivity index (χ0n) is 15.0. The second-order valence-electron chi connectivity index (χ2n) is 5.93. The largest absolute Gasteiger partial charge is 0.455 e. The lowest BCUT2D eigenvalue weighted by atomic mass is 10.1. The van der Waals surface area contributed by atoms with Crippen LogP contribution in [0.1, 0.15) is 0 Å². The number of benzene rings is 3. The van der Waals surface area contributed by atoms with Crippen LogP contribution in [0.3, 0.4) is 0 Å². The molecule has 1 amide bonds. The third-order valence-electron chi connectivity index (χ3n) is 3.87. The number of anilines is 1. The summed E-state index contributed by atoms with van der Waals surface area (Å²) in [5.74, 6) is -1.21. The molecule has 0 bridgehead atoms. The Kier molecular flexibility index (Phi) is 6.69. The second kappa shape index (κ2) is 9.40. The van der Waals surface area contributed by atoms with Crippen LogP contribution in [0.4, 0.5) is 11.4 Å².